The lowest BCUT2D eigenvalue weighted by Gasteiger charge is -2.28. The lowest BCUT2D eigenvalue weighted by atomic mass is 9.92. The SMILES string of the molecule is COc1ccc2nc(N[C@H]3CCCC[C@@H]3O)ccc2c1. The van der Waals surface area contributed by atoms with Crippen molar-refractivity contribution in [2.45, 2.75) is 37.8 Å². The van der Waals surface area contributed by atoms with Gasteiger partial charge in [-0.1, -0.05) is 12.8 Å². The number of hydrogen-bond acceptors (Lipinski definition) is 4. The van der Waals surface area contributed by atoms with E-state index >= 15 is 0 Å². The Balaban J connectivity index is 1.81. The van der Waals surface area contributed by atoms with Crippen LogP contribution in [0, 0.1) is 0 Å². The van der Waals surface area contributed by atoms with Gasteiger partial charge in [0.2, 0.25) is 0 Å². The van der Waals surface area contributed by atoms with E-state index in [1.807, 2.05) is 30.3 Å². The summed E-state index contributed by atoms with van der Waals surface area (Å²) >= 11 is 0. The summed E-state index contributed by atoms with van der Waals surface area (Å²) in [4.78, 5) is 4.60. The number of methoxy groups -OCH3 is 1. The molecule has 1 aliphatic rings. The van der Waals surface area contributed by atoms with Crippen molar-refractivity contribution < 1.29 is 9.84 Å². The Kier molecular flexibility index (Phi) is 3.74. The number of pyridine rings is 1. The summed E-state index contributed by atoms with van der Waals surface area (Å²) in [6.45, 7) is 0. The molecule has 0 radical (unpaired) electrons. The average Bonchev–Trinajstić information content (AvgIpc) is 2.49. The summed E-state index contributed by atoms with van der Waals surface area (Å²) in [5.74, 6) is 1.66. The number of aliphatic hydroxyl groups excluding tert-OH is 1. The highest BCUT2D eigenvalue weighted by Crippen LogP contribution is 2.24. The number of benzene rings is 1. The van der Waals surface area contributed by atoms with Gasteiger partial charge in [0.25, 0.3) is 0 Å². The third-order valence-corrected chi connectivity index (χ3v) is 3.96. The Labute approximate surface area is 118 Å². The van der Waals surface area contributed by atoms with E-state index in [-0.39, 0.29) is 12.1 Å². The largest absolute Gasteiger partial charge is 0.497 e. The van der Waals surface area contributed by atoms with Crippen LogP contribution in [0.1, 0.15) is 25.7 Å². The first-order chi connectivity index (χ1) is 9.76. The first kappa shape index (κ1) is 13.2. The molecule has 0 spiro atoms. The van der Waals surface area contributed by atoms with Gasteiger partial charge in [-0.25, -0.2) is 4.98 Å². The summed E-state index contributed by atoms with van der Waals surface area (Å²) in [7, 11) is 1.66. The van der Waals surface area contributed by atoms with Crippen LogP contribution in [-0.2, 0) is 0 Å². The van der Waals surface area contributed by atoms with Crippen molar-refractivity contribution in [3.63, 3.8) is 0 Å². The van der Waals surface area contributed by atoms with Crippen molar-refractivity contribution in [2.75, 3.05) is 12.4 Å². The van der Waals surface area contributed by atoms with Gasteiger partial charge in [0, 0.05) is 5.39 Å². The Bertz CT molecular complexity index is 600. The fraction of sp³-hybridized carbons (Fsp3) is 0.438. The maximum Gasteiger partial charge on any atom is 0.126 e. The Morgan fingerprint density at radius 2 is 2.05 bits per heavy atom. The van der Waals surface area contributed by atoms with Gasteiger partial charge < -0.3 is 15.2 Å². The van der Waals surface area contributed by atoms with E-state index in [2.05, 4.69) is 10.3 Å². The van der Waals surface area contributed by atoms with Gasteiger partial charge in [-0.3, -0.25) is 0 Å². The zero-order chi connectivity index (χ0) is 13.9. The molecule has 2 aromatic rings. The van der Waals surface area contributed by atoms with Crippen LogP contribution in [0.2, 0.25) is 0 Å². The first-order valence-electron chi connectivity index (χ1n) is 7.16. The fourth-order valence-corrected chi connectivity index (χ4v) is 2.78. The van der Waals surface area contributed by atoms with Crippen LogP contribution in [0.25, 0.3) is 10.9 Å². The molecule has 2 atom stereocenters. The van der Waals surface area contributed by atoms with E-state index < -0.39 is 0 Å². The summed E-state index contributed by atoms with van der Waals surface area (Å²) in [6, 6.07) is 9.95. The molecule has 1 aliphatic carbocycles. The van der Waals surface area contributed by atoms with Crippen LogP contribution < -0.4 is 10.1 Å². The second-order valence-corrected chi connectivity index (χ2v) is 5.36. The van der Waals surface area contributed by atoms with E-state index in [0.29, 0.717) is 0 Å². The number of aromatic nitrogens is 1. The summed E-state index contributed by atoms with van der Waals surface area (Å²) in [6.07, 6.45) is 3.90. The molecule has 1 aromatic carbocycles. The maximum absolute atomic E-state index is 10.0. The predicted octanol–water partition coefficient (Wildman–Crippen LogP) is 2.96. The van der Waals surface area contributed by atoms with Gasteiger partial charge in [-0.15, -0.1) is 0 Å². The monoisotopic (exact) mass is 272 g/mol. The molecule has 106 valence electrons. The molecule has 1 heterocycles. The minimum absolute atomic E-state index is 0.118. The molecule has 4 heteroatoms. The molecular formula is C16H20N2O2. The second kappa shape index (κ2) is 5.67. The second-order valence-electron chi connectivity index (χ2n) is 5.36. The molecule has 4 nitrogen and oxygen atoms in total. The van der Waals surface area contributed by atoms with E-state index in [0.717, 1.165) is 41.7 Å². The normalized spacial score (nSPS) is 22.7. The summed E-state index contributed by atoms with van der Waals surface area (Å²) in [5.41, 5.74) is 0.932. The van der Waals surface area contributed by atoms with Crippen molar-refractivity contribution >= 4 is 16.7 Å². The molecule has 0 saturated heterocycles. The highest BCUT2D eigenvalue weighted by molar-refractivity contribution is 5.81. The van der Waals surface area contributed by atoms with Gasteiger partial charge >= 0.3 is 0 Å². The van der Waals surface area contributed by atoms with E-state index in [1.54, 1.807) is 7.11 Å². The van der Waals surface area contributed by atoms with E-state index in [4.69, 9.17) is 4.74 Å². The topological polar surface area (TPSA) is 54.4 Å². The zero-order valence-corrected chi connectivity index (χ0v) is 11.7. The molecule has 0 aliphatic heterocycles. The van der Waals surface area contributed by atoms with Gasteiger partial charge in [0.05, 0.1) is 24.8 Å². The number of ether oxygens (including phenoxy) is 1. The third kappa shape index (κ3) is 2.70. The number of nitrogens with zero attached hydrogens (tertiary/aromatic N) is 1. The molecule has 1 aromatic heterocycles. The van der Waals surface area contributed by atoms with Gasteiger partial charge in [-0.05, 0) is 43.2 Å². The maximum atomic E-state index is 10.0. The Morgan fingerprint density at radius 3 is 2.85 bits per heavy atom. The van der Waals surface area contributed by atoms with E-state index in [9.17, 15) is 5.11 Å². The Morgan fingerprint density at radius 1 is 1.20 bits per heavy atom. The predicted molar refractivity (Wildman–Crippen MR) is 80.2 cm³/mol. The smallest absolute Gasteiger partial charge is 0.126 e. The van der Waals surface area contributed by atoms with E-state index in [1.165, 1.54) is 6.42 Å². The lowest BCUT2D eigenvalue weighted by Crippen LogP contribution is -2.36. The third-order valence-electron chi connectivity index (χ3n) is 3.96. The molecule has 2 N–H and O–H groups in total. The molecular weight excluding hydrogens is 252 g/mol. The molecule has 0 amide bonds. The lowest BCUT2D eigenvalue weighted by molar-refractivity contribution is 0.116. The summed E-state index contributed by atoms with van der Waals surface area (Å²) in [5, 5.41) is 14.4. The fourth-order valence-electron chi connectivity index (χ4n) is 2.78. The highest BCUT2D eigenvalue weighted by atomic mass is 16.5. The molecule has 20 heavy (non-hydrogen) atoms. The van der Waals surface area contributed by atoms with Gasteiger partial charge in [-0.2, -0.15) is 0 Å². The number of aliphatic hydroxyl groups is 1. The van der Waals surface area contributed by atoms with Crippen molar-refractivity contribution in [1.82, 2.24) is 4.98 Å². The van der Waals surface area contributed by atoms with Gasteiger partial charge in [0.1, 0.15) is 11.6 Å². The number of rotatable bonds is 3. The number of nitrogens with one attached hydrogen (secondary N) is 1. The van der Waals surface area contributed by atoms with Crippen LogP contribution in [0.3, 0.4) is 0 Å². The number of hydrogen-bond donors (Lipinski definition) is 2. The van der Waals surface area contributed by atoms with Crippen molar-refractivity contribution in [3.05, 3.63) is 30.3 Å². The number of anilines is 1. The van der Waals surface area contributed by atoms with Crippen LogP contribution >= 0.6 is 0 Å². The minimum Gasteiger partial charge on any atom is -0.497 e. The van der Waals surface area contributed by atoms with Crippen LogP contribution in [-0.4, -0.2) is 29.3 Å². The Hall–Kier alpha value is -1.81. The number of fused-ring (bicyclic) bond motifs is 1. The van der Waals surface area contributed by atoms with Crippen LogP contribution in [0.15, 0.2) is 30.3 Å². The molecule has 0 bridgehead atoms. The first-order valence-corrected chi connectivity index (χ1v) is 7.16. The summed E-state index contributed by atoms with van der Waals surface area (Å²) < 4.78 is 5.21. The quantitative estimate of drug-likeness (QED) is 0.902. The molecule has 1 fully saturated rings. The standard InChI is InChI=1S/C16H20N2O2/c1-20-12-7-8-13-11(10-12)6-9-16(17-13)18-14-4-2-3-5-15(14)19/h6-10,14-15,19H,2-5H2,1H3,(H,17,18)/t14-,15-/m0/s1. The zero-order valence-electron chi connectivity index (χ0n) is 11.7. The molecule has 3 rings (SSSR count). The minimum atomic E-state index is -0.267. The van der Waals surface area contributed by atoms with Crippen molar-refractivity contribution in [2.24, 2.45) is 0 Å². The van der Waals surface area contributed by atoms with Gasteiger partial charge in [0.15, 0.2) is 0 Å². The van der Waals surface area contributed by atoms with Crippen molar-refractivity contribution in [1.29, 1.82) is 0 Å². The highest BCUT2D eigenvalue weighted by Gasteiger charge is 2.22. The average molecular weight is 272 g/mol. The molecule has 1 saturated carbocycles. The van der Waals surface area contributed by atoms with Crippen LogP contribution in [0.5, 0.6) is 5.75 Å². The molecule has 0 unspecified atom stereocenters. The van der Waals surface area contributed by atoms with Crippen LogP contribution in [0.4, 0.5) is 5.82 Å². The van der Waals surface area contributed by atoms with Crippen molar-refractivity contribution in [3.8, 4) is 5.75 Å².